The van der Waals surface area contributed by atoms with Crippen LogP contribution in [0.5, 0.6) is 0 Å². The molecule has 0 aliphatic heterocycles. The summed E-state index contributed by atoms with van der Waals surface area (Å²) in [5, 5.41) is 2.94. The van der Waals surface area contributed by atoms with Crippen molar-refractivity contribution in [3.05, 3.63) is 28.5 Å². The normalized spacial score (nSPS) is 12.2. The summed E-state index contributed by atoms with van der Waals surface area (Å²) in [6.45, 7) is 4.16. The van der Waals surface area contributed by atoms with E-state index in [1.54, 1.807) is 12.3 Å². The fourth-order valence-corrected chi connectivity index (χ4v) is 1.86. The predicted molar refractivity (Wildman–Crippen MR) is 68.4 cm³/mol. The Bertz CT molecular complexity index is 355. The van der Waals surface area contributed by atoms with Gasteiger partial charge in [0, 0.05) is 16.7 Å². The second kappa shape index (κ2) is 6.63. The van der Waals surface area contributed by atoms with Gasteiger partial charge in [0.1, 0.15) is 5.69 Å². The Hall–Kier alpha value is -0.900. The van der Waals surface area contributed by atoms with E-state index in [9.17, 15) is 4.79 Å². The van der Waals surface area contributed by atoms with Gasteiger partial charge in [-0.3, -0.25) is 4.79 Å². The van der Waals surface area contributed by atoms with E-state index in [1.165, 1.54) is 0 Å². The standard InChI is InChI=1S/C12H17BrN2O/c1-3-4-6-9(2)15-12(16)11-10(13)7-5-8-14-11/h5,7-9H,3-4,6H2,1-2H3,(H,15,16). The smallest absolute Gasteiger partial charge is 0.271 e. The van der Waals surface area contributed by atoms with Crippen LogP contribution in [0.4, 0.5) is 0 Å². The zero-order chi connectivity index (χ0) is 12.0. The Labute approximate surface area is 105 Å². The molecule has 0 aromatic carbocycles. The highest BCUT2D eigenvalue weighted by atomic mass is 79.9. The summed E-state index contributed by atoms with van der Waals surface area (Å²) in [5.74, 6) is -0.115. The van der Waals surface area contributed by atoms with Gasteiger partial charge in [-0.25, -0.2) is 4.98 Å². The van der Waals surface area contributed by atoms with Gasteiger partial charge >= 0.3 is 0 Å². The molecular formula is C12H17BrN2O. The van der Waals surface area contributed by atoms with E-state index in [2.05, 4.69) is 33.2 Å². The molecule has 1 aromatic heterocycles. The van der Waals surface area contributed by atoms with Crippen LogP contribution in [-0.2, 0) is 0 Å². The summed E-state index contributed by atoms with van der Waals surface area (Å²) in [6.07, 6.45) is 4.90. The number of hydrogen-bond acceptors (Lipinski definition) is 2. The number of halogens is 1. The van der Waals surface area contributed by atoms with Crippen molar-refractivity contribution in [3.63, 3.8) is 0 Å². The number of amides is 1. The number of nitrogens with one attached hydrogen (secondary N) is 1. The Balaban J connectivity index is 2.56. The van der Waals surface area contributed by atoms with E-state index in [-0.39, 0.29) is 11.9 Å². The highest BCUT2D eigenvalue weighted by Gasteiger charge is 2.13. The molecule has 3 nitrogen and oxygen atoms in total. The molecule has 1 heterocycles. The van der Waals surface area contributed by atoms with E-state index >= 15 is 0 Å². The molecule has 1 rings (SSSR count). The van der Waals surface area contributed by atoms with Gasteiger partial charge in [-0.2, -0.15) is 0 Å². The summed E-state index contributed by atoms with van der Waals surface area (Å²) in [7, 11) is 0. The highest BCUT2D eigenvalue weighted by molar-refractivity contribution is 9.10. The summed E-state index contributed by atoms with van der Waals surface area (Å²) in [4.78, 5) is 15.9. The van der Waals surface area contributed by atoms with Crippen LogP contribution >= 0.6 is 15.9 Å². The van der Waals surface area contributed by atoms with Crippen LogP contribution < -0.4 is 5.32 Å². The monoisotopic (exact) mass is 284 g/mol. The molecule has 0 saturated heterocycles. The third-order valence-electron chi connectivity index (χ3n) is 2.34. The third kappa shape index (κ3) is 3.93. The van der Waals surface area contributed by atoms with Crippen LogP contribution in [0.3, 0.4) is 0 Å². The van der Waals surface area contributed by atoms with Crippen molar-refractivity contribution < 1.29 is 4.79 Å². The maximum Gasteiger partial charge on any atom is 0.271 e. The molecule has 0 saturated carbocycles. The second-order valence-electron chi connectivity index (χ2n) is 3.85. The zero-order valence-corrected chi connectivity index (χ0v) is 11.3. The fraction of sp³-hybridized carbons (Fsp3) is 0.500. The summed E-state index contributed by atoms with van der Waals surface area (Å²) in [5.41, 5.74) is 0.450. The molecule has 0 radical (unpaired) electrons. The zero-order valence-electron chi connectivity index (χ0n) is 9.66. The summed E-state index contributed by atoms with van der Waals surface area (Å²) in [6, 6.07) is 3.81. The maximum absolute atomic E-state index is 11.8. The number of pyridine rings is 1. The van der Waals surface area contributed by atoms with Crippen LogP contribution in [0, 0.1) is 0 Å². The lowest BCUT2D eigenvalue weighted by Gasteiger charge is -2.13. The van der Waals surface area contributed by atoms with Gasteiger partial charge in [0.25, 0.3) is 5.91 Å². The minimum absolute atomic E-state index is 0.115. The Kier molecular flexibility index (Phi) is 5.46. The van der Waals surface area contributed by atoms with Gasteiger partial charge in [0.2, 0.25) is 0 Å². The number of aromatic nitrogens is 1. The SMILES string of the molecule is CCCCC(C)NC(=O)c1ncccc1Br. The Morgan fingerprint density at radius 3 is 3.00 bits per heavy atom. The number of hydrogen-bond donors (Lipinski definition) is 1. The number of nitrogens with zero attached hydrogens (tertiary/aromatic N) is 1. The Morgan fingerprint density at radius 1 is 1.62 bits per heavy atom. The van der Waals surface area contributed by atoms with Crippen LogP contribution in [0.2, 0.25) is 0 Å². The molecule has 16 heavy (non-hydrogen) atoms. The quantitative estimate of drug-likeness (QED) is 0.903. The third-order valence-corrected chi connectivity index (χ3v) is 2.98. The lowest BCUT2D eigenvalue weighted by molar-refractivity contribution is 0.0932. The molecule has 0 bridgehead atoms. The molecule has 1 aromatic rings. The number of carbonyl (C=O) groups excluding carboxylic acids is 1. The molecule has 88 valence electrons. The highest BCUT2D eigenvalue weighted by Crippen LogP contribution is 2.13. The molecule has 1 unspecified atom stereocenters. The molecular weight excluding hydrogens is 268 g/mol. The first-order valence-electron chi connectivity index (χ1n) is 5.56. The van der Waals surface area contributed by atoms with Gasteiger partial charge in [-0.1, -0.05) is 19.8 Å². The lowest BCUT2D eigenvalue weighted by Crippen LogP contribution is -2.33. The largest absolute Gasteiger partial charge is 0.348 e. The molecule has 1 N–H and O–H groups in total. The average molecular weight is 285 g/mol. The number of rotatable bonds is 5. The van der Waals surface area contributed by atoms with E-state index < -0.39 is 0 Å². The van der Waals surface area contributed by atoms with Gasteiger partial charge in [-0.15, -0.1) is 0 Å². The fourth-order valence-electron chi connectivity index (χ4n) is 1.43. The minimum atomic E-state index is -0.115. The summed E-state index contributed by atoms with van der Waals surface area (Å²) < 4.78 is 0.732. The van der Waals surface area contributed by atoms with Crippen molar-refractivity contribution in [2.75, 3.05) is 0 Å². The molecule has 1 amide bonds. The van der Waals surface area contributed by atoms with Crippen molar-refractivity contribution >= 4 is 21.8 Å². The first-order chi connectivity index (χ1) is 7.65. The average Bonchev–Trinajstić information content (AvgIpc) is 2.26. The van der Waals surface area contributed by atoms with Gasteiger partial charge in [-0.05, 0) is 41.4 Å². The molecule has 0 aliphatic rings. The summed E-state index contributed by atoms with van der Waals surface area (Å²) >= 11 is 3.32. The topological polar surface area (TPSA) is 42.0 Å². The van der Waals surface area contributed by atoms with E-state index in [0.29, 0.717) is 5.69 Å². The molecule has 0 aliphatic carbocycles. The van der Waals surface area contributed by atoms with Gasteiger partial charge in [0.05, 0.1) is 0 Å². The van der Waals surface area contributed by atoms with Crippen molar-refractivity contribution in [1.82, 2.24) is 10.3 Å². The van der Waals surface area contributed by atoms with Gasteiger partial charge < -0.3 is 5.32 Å². The molecule has 0 spiro atoms. The van der Waals surface area contributed by atoms with Crippen LogP contribution in [0.1, 0.15) is 43.6 Å². The van der Waals surface area contributed by atoms with E-state index in [4.69, 9.17) is 0 Å². The maximum atomic E-state index is 11.8. The van der Waals surface area contributed by atoms with Gasteiger partial charge in [0.15, 0.2) is 0 Å². The van der Waals surface area contributed by atoms with E-state index in [0.717, 1.165) is 23.7 Å². The van der Waals surface area contributed by atoms with Crippen molar-refractivity contribution in [3.8, 4) is 0 Å². The second-order valence-corrected chi connectivity index (χ2v) is 4.70. The molecule has 1 atom stereocenters. The molecule has 4 heteroatoms. The first-order valence-corrected chi connectivity index (χ1v) is 6.35. The first kappa shape index (κ1) is 13.2. The number of unbranched alkanes of at least 4 members (excludes halogenated alkanes) is 1. The number of carbonyl (C=O) groups is 1. The van der Waals surface area contributed by atoms with E-state index in [1.807, 2.05) is 13.0 Å². The van der Waals surface area contributed by atoms with Crippen molar-refractivity contribution in [1.29, 1.82) is 0 Å². The molecule has 0 fully saturated rings. The minimum Gasteiger partial charge on any atom is -0.348 e. The Morgan fingerprint density at radius 2 is 2.38 bits per heavy atom. The van der Waals surface area contributed by atoms with Crippen LogP contribution in [-0.4, -0.2) is 16.9 Å². The predicted octanol–water partition coefficient (Wildman–Crippen LogP) is 3.15. The van der Waals surface area contributed by atoms with Crippen LogP contribution in [0.25, 0.3) is 0 Å². The van der Waals surface area contributed by atoms with Crippen LogP contribution in [0.15, 0.2) is 22.8 Å². The van der Waals surface area contributed by atoms with Crippen molar-refractivity contribution in [2.45, 2.75) is 39.2 Å². The van der Waals surface area contributed by atoms with Crippen molar-refractivity contribution in [2.24, 2.45) is 0 Å². The lowest BCUT2D eigenvalue weighted by atomic mass is 10.1.